The van der Waals surface area contributed by atoms with Gasteiger partial charge in [0.1, 0.15) is 0 Å². The quantitative estimate of drug-likeness (QED) is 0.334. The molecular weight excluding hydrogens is 400 g/mol. The van der Waals surface area contributed by atoms with E-state index in [2.05, 4.69) is 4.98 Å². The number of non-ortho nitro benzene ring substituents is 1. The number of hydrogen-bond acceptors (Lipinski definition) is 6. The molecule has 0 spiro atoms. The van der Waals surface area contributed by atoms with E-state index in [-0.39, 0.29) is 18.1 Å². The van der Waals surface area contributed by atoms with Crippen LogP contribution < -0.4 is 4.90 Å². The lowest BCUT2D eigenvalue weighted by Gasteiger charge is -2.19. The monoisotopic (exact) mass is 418 g/mol. The van der Waals surface area contributed by atoms with E-state index in [0.717, 1.165) is 27.0 Å². The Morgan fingerprint density at radius 2 is 1.87 bits per heavy atom. The van der Waals surface area contributed by atoms with Crippen molar-refractivity contribution in [1.29, 1.82) is 0 Å². The molecule has 0 radical (unpaired) electrons. The van der Waals surface area contributed by atoms with E-state index < -0.39 is 4.92 Å². The molecule has 30 heavy (non-hydrogen) atoms. The molecule has 0 aliphatic rings. The number of benzene rings is 2. The number of thiazole rings is 1. The molecule has 0 aliphatic heterocycles. The van der Waals surface area contributed by atoms with Gasteiger partial charge in [0.25, 0.3) is 11.6 Å². The molecule has 0 saturated carbocycles. The Hall–Kier alpha value is -3.65. The Morgan fingerprint density at radius 3 is 2.53 bits per heavy atom. The molecule has 4 rings (SSSR count). The van der Waals surface area contributed by atoms with Crippen LogP contribution >= 0.6 is 11.3 Å². The second-order valence-electron chi connectivity index (χ2n) is 6.87. The lowest BCUT2D eigenvalue weighted by Crippen LogP contribution is -2.30. The highest BCUT2D eigenvalue weighted by molar-refractivity contribution is 7.22. The van der Waals surface area contributed by atoms with Gasteiger partial charge in [0.2, 0.25) is 0 Å². The van der Waals surface area contributed by atoms with Crippen LogP contribution in [0.2, 0.25) is 0 Å². The summed E-state index contributed by atoms with van der Waals surface area (Å²) in [6.45, 7) is 4.29. The van der Waals surface area contributed by atoms with Crippen molar-refractivity contribution in [2.75, 3.05) is 4.90 Å². The van der Waals surface area contributed by atoms with E-state index in [1.807, 2.05) is 44.2 Å². The van der Waals surface area contributed by atoms with E-state index in [9.17, 15) is 14.9 Å². The van der Waals surface area contributed by atoms with Gasteiger partial charge in [0.05, 0.1) is 27.4 Å². The summed E-state index contributed by atoms with van der Waals surface area (Å²) in [6.07, 6.45) is 1.68. The molecular formula is C22H18N4O3S. The third-order valence-corrected chi connectivity index (χ3v) is 5.96. The number of aromatic nitrogens is 2. The summed E-state index contributed by atoms with van der Waals surface area (Å²) in [6, 6.07) is 15.2. The van der Waals surface area contributed by atoms with E-state index in [1.54, 1.807) is 11.1 Å². The molecule has 0 bridgehead atoms. The van der Waals surface area contributed by atoms with Gasteiger partial charge in [-0.25, -0.2) is 4.98 Å². The Bertz CT molecular complexity index is 1240. The van der Waals surface area contributed by atoms with Crippen LogP contribution in [-0.4, -0.2) is 20.8 Å². The van der Waals surface area contributed by atoms with Gasteiger partial charge in [-0.3, -0.25) is 24.8 Å². The molecule has 2 aromatic heterocycles. The maximum absolute atomic E-state index is 13.4. The van der Waals surface area contributed by atoms with E-state index >= 15 is 0 Å². The smallest absolute Gasteiger partial charge is 0.269 e. The van der Waals surface area contributed by atoms with Crippen molar-refractivity contribution < 1.29 is 9.72 Å². The molecule has 7 nitrogen and oxygen atoms in total. The number of nitro benzene ring substituents is 1. The number of nitro groups is 1. The first-order chi connectivity index (χ1) is 14.4. The normalized spacial score (nSPS) is 10.9. The minimum Gasteiger partial charge on any atom is -0.278 e. The largest absolute Gasteiger partial charge is 0.278 e. The van der Waals surface area contributed by atoms with Gasteiger partial charge in [-0.15, -0.1) is 0 Å². The maximum Gasteiger partial charge on any atom is 0.269 e. The Morgan fingerprint density at radius 1 is 1.10 bits per heavy atom. The highest BCUT2D eigenvalue weighted by Gasteiger charge is 2.23. The summed E-state index contributed by atoms with van der Waals surface area (Å²) >= 11 is 1.44. The number of fused-ring (bicyclic) bond motifs is 1. The van der Waals surface area contributed by atoms with Gasteiger partial charge in [-0.1, -0.05) is 23.5 Å². The number of rotatable bonds is 5. The van der Waals surface area contributed by atoms with Gasteiger partial charge in [-0.05, 0) is 55.3 Å². The number of amides is 1. The van der Waals surface area contributed by atoms with Crippen molar-refractivity contribution in [2.45, 2.75) is 20.4 Å². The van der Waals surface area contributed by atoms with Crippen LogP contribution in [-0.2, 0) is 6.54 Å². The summed E-state index contributed by atoms with van der Waals surface area (Å²) in [4.78, 5) is 34.5. The summed E-state index contributed by atoms with van der Waals surface area (Å²) < 4.78 is 0.996. The van der Waals surface area contributed by atoms with Crippen LogP contribution in [0.15, 0.2) is 60.8 Å². The zero-order chi connectivity index (χ0) is 21.3. The summed E-state index contributed by atoms with van der Waals surface area (Å²) in [7, 11) is 0. The van der Waals surface area contributed by atoms with Crippen molar-refractivity contribution in [3.05, 3.63) is 93.3 Å². The fourth-order valence-electron chi connectivity index (χ4n) is 3.09. The number of carbonyl (C=O) groups is 1. The fourth-order valence-corrected chi connectivity index (χ4v) is 4.11. The molecule has 0 atom stereocenters. The Balaban J connectivity index is 1.77. The molecule has 2 heterocycles. The fraction of sp³-hybridized carbons (Fsp3) is 0.136. The van der Waals surface area contributed by atoms with Crippen LogP contribution in [0.1, 0.15) is 27.2 Å². The van der Waals surface area contributed by atoms with E-state index in [0.29, 0.717) is 10.7 Å². The zero-order valence-corrected chi connectivity index (χ0v) is 17.2. The third-order valence-electron chi connectivity index (χ3n) is 4.92. The van der Waals surface area contributed by atoms with Gasteiger partial charge in [-0.2, -0.15) is 0 Å². The highest BCUT2D eigenvalue weighted by Crippen LogP contribution is 2.33. The number of nitrogens with zero attached hydrogens (tertiary/aromatic N) is 4. The lowest BCUT2D eigenvalue weighted by atomic mass is 10.1. The average Bonchev–Trinajstić information content (AvgIpc) is 3.20. The molecule has 0 fully saturated rings. The predicted octanol–water partition coefficient (Wildman–Crippen LogP) is 5.06. The number of aryl methyl sites for hydroxylation is 2. The van der Waals surface area contributed by atoms with Crippen LogP contribution in [0.25, 0.3) is 10.2 Å². The van der Waals surface area contributed by atoms with E-state index in [1.165, 1.54) is 35.6 Å². The summed E-state index contributed by atoms with van der Waals surface area (Å²) in [5, 5.41) is 11.5. The summed E-state index contributed by atoms with van der Waals surface area (Å²) in [5.74, 6) is -0.288. The molecule has 8 heteroatoms. The van der Waals surface area contributed by atoms with Gasteiger partial charge < -0.3 is 0 Å². The topological polar surface area (TPSA) is 89.2 Å². The molecule has 0 unspecified atom stereocenters. The first kappa shape index (κ1) is 19.7. The maximum atomic E-state index is 13.4. The molecule has 0 aliphatic carbocycles. The molecule has 4 aromatic rings. The highest BCUT2D eigenvalue weighted by atomic mass is 32.1. The van der Waals surface area contributed by atoms with E-state index in [4.69, 9.17) is 4.98 Å². The number of pyridine rings is 1. The van der Waals surface area contributed by atoms with Crippen molar-refractivity contribution in [3.8, 4) is 0 Å². The first-order valence-corrected chi connectivity index (χ1v) is 10.1. The standard InChI is InChI=1S/C22H18N4O3S/c1-14-6-11-19-20(15(14)2)24-22(30-19)25(13-17-5-3-4-12-23-17)21(27)16-7-9-18(10-8-16)26(28)29/h3-12H,13H2,1-2H3. The Labute approximate surface area is 176 Å². The summed E-state index contributed by atoms with van der Waals surface area (Å²) in [5.41, 5.74) is 4.10. The van der Waals surface area contributed by atoms with Crippen molar-refractivity contribution in [1.82, 2.24) is 9.97 Å². The second-order valence-corrected chi connectivity index (χ2v) is 7.88. The third kappa shape index (κ3) is 3.77. The Kier molecular flexibility index (Phi) is 5.24. The number of anilines is 1. The average molecular weight is 418 g/mol. The molecule has 1 amide bonds. The molecule has 2 aromatic carbocycles. The van der Waals surface area contributed by atoms with Crippen LogP contribution in [0.4, 0.5) is 10.8 Å². The minimum atomic E-state index is -0.488. The van der Waals surface area contributed by atoms with Gasteiger partial charge >= 0.3 is 0 Å². The number of carbonyl (C=O) groups excluding carboxylic acids is 1. The zero-order valence-electron chi connectivity index (χ0n) is 16.4. The predicted molar refractivity (Wildman–Crippen MR) is 117 cm³/mol. The van der Waals surface area contributed by atoms with Crippen LogP contribution in [0.3, 0.4) is 0 Å². The minimum absolute atomic E-state index is 0.0612. The molecule has 0 saturated heterocycles. The second kappa shape index (κ2) is 8.00. The SMILES string of the molecule is Cc1ccc2sc(N(Cc3ccccn3)C(=O)c3ccc([N+](=O)[O-])cc3)nc2c1C. The number of hydrogen-bond donors (Lipinski definition) is 0. The first-order valence-electron chi connectivity index (χ1n) is 9.27. The van der Waals surface area contributed by atoms with Crippen molar-refractivity contribution in [3.63, 3.8) is 0 Å². The molecule has 150 valence electrons. The van der Waals surface area contributed by atoms with Crippen LogP contribution in [0.5, 0.6) is 0 Å². The van der Waals surface area contributed by atoms with Gasteiger partial charge in [0, 0.05) is 23.9 Å². The van der Waals surface area contributed by atoms with Gasteiger partial charge in [0.15, 0.2) is 5.13 Å². The van der Waals surface area contributed by atoms with Crippen molar-refractivity contribution in [2.24, 2.45) is 0 Å². The molecule has 0 N–H and O–H groups in total. The van der Waals surface area contributed by atoms with Crippen LogP contribution in [0, 0.1) is 24.0 Å². The lowest BCUT2D eigenvalue weighted by molar-refractivity contribution is -0.384. The van der Waals surface area contributed by atoms with Crippen molar-refractivity contribution >= 4 is 38.3 Å².